The van der Waals surface area contributed by atoms with Crippen molar-refractivity contribution in [1.82, 2.24) is 14.1 Å². The first-order valence-corrected chi connectivity index (χ1v) is 10.8. The zero-order valence-corrected chi connectivity index (χ0v) is 18.3. The number of halogens is 1. The zero-order valence-electron chi connectivity index (χ0n) is 16.7. The standard InChI is InChI=1S/C21H18ClN5O4S/c22-15-5-1-14(2-6-15)19(29)24-20-17(21(30)26-9-11-31-12-10-26)25-27(32-20)16-7-3-13(4-8-16)18(23)28/h1-8H,9-12H2,(H2,23,28). The van der Waals surface area contributed by atoms with Gasteiger partial charge in [-0.2, -0.15) is 9.06 Å². The minimum Gasteiger partial charge on any atom is -0.378 e. The summed E-state index contributed by atoms with van der Waals surface area (Å²) in [5.41, 5.74) is 6.64. The minimum atomic E-state index is -0.548. The van der Waals surface area contributed by atoms with Crippen LogP contribution in [-0.4, -0.2) is 58.1 Å². The minimum absolute atomic E-state index is 0.0678. The van der Waals surface area contributed by atoms with Crippen molar-refractivity contribution in [3.63, 3.8) is 0 Å². The zero-order chi connectivity index (χ0) is 22.7. The summed E-state index contributed by atoms with van der Waals surface area (Å²) >= 11 is 6.93. The molecule has 164 valence electrons. The lowest BCUT2D eigenvalue weighted by atomic mass is 10.2. The van der Waals surface area contributed by atoms with Gasteiger partial charge in [-0.1, -0.05) is 11.6 Å². The summed E-state index contributed by atoms with van der Waals surface area (Å²) in [6.45, 7) is 1.71. The lowest BCUT2D eigenvalue weighted by molar-refractivity contribution is 0.0297. The van der Waals surface area contributed by atoms with Crippen molar-refractivity contribution in [2.45, 2.75) is 0 Å². The summed E-state index contributed by atoms with van der Waals surface area (Å²) in [5.74, 6) is -1.40. The van der Waals surface area contributed by atoms with Crippen LogP contribution in [0.5, 0.6) is 0 Å². The van der Waals surface area contributed by atoms with Gasteiger partial charge in [-0.3, -0.25) is 14.4 Å². The second-order valence-electron chi connectivity index (χ2n) is 6.86. The Morgan fingerprint density at radius 2 is 1.62 bits per heavy atom. The first-order chi connectivity index (χ1) is 15.4. The third-order valence-corrected chi connectivity index (χ3v) is 5.91. The molecule has 0 radical (unpaired) electrons. The average molecular weight is 472 g/mol. The van der Waals surface area contributed by atoms with Crippen molar-refractivity contribution < 1.29 is 19.1 Å². The lowest BCUT2D eigenvalue weighted by Crippen LogP contribution is -2.42. The van der Waals surface area contributed by atoms with Gasteiger partial charge in [0.25, 0.3) is 11.8 Å². The molecule has 2 aromatic carbocycles. The van der Waals surface area contributed by atoms with Crippen LogP contribution in [0.4, 0.5) is 0 Å². The summed E-state index contributed by atoms with van der Waals surface area (Å²) in [6, 6.07) is 12.7. The van der Waals surface area contributed by atoms with Gasteiger partial charge in [0.2, 0.25) is 5.91 Å². The maximum atomic E-state index is 13.1. The van der Waals surface area contributed by atoms with Gasteiger partial charge in [-0.05, 0) is 60.1 Å². The Balaban J connectivity index is 1.75. The number of morpholine rings is 1. The van der Waals surface area contributed by atoms with Crippen LogP contribution in [0.1, 0.15) is 31.2 Å². The van der Waals surface area contributed by atoms with Crippen LogP contribution >= 0.6 is 23.1 Å². The fourth-order valence-corrected chi connectivity index (χ4v) is 3.99. The van der Waals surface area contributed by atoms with E-state index in [2.05, 4.69) is 10.1 Å². The number of nitrogens with two attached hydrogens (primary N) is 1. The Labute approximate surface area is 191 Å². The number of ether oxygens (including phenoxy) is 1. The molecule has 0 saturated carbocycles. The van der Waals surface area contributed by atoms with E-state index in [-0.39, 0.29) is 16.3 Å². The number of carbonyl (C=O) groups is 3. The molecule has 1 aliphatic heterocycles. The third-order valence-electron chi connectivity index (χ3n) is 4.73. The molecule has 2 N–H and O–H groups in total. The monoisotopic (exact) mass is 471 g/mol. The molecule has 1 saturated heterocycles. The van der Waals surface area contributed by atoms with Crippen molar-refractivity contribution in [3.05, 3.63) is 75.0 Å². The van der Waals surface area contributed by atoms with E-state index >= 15 is 0 Å². The van der Waals surface area contributed by atoms with Crippen LogP contribution in [0.25, 0.3) is 5.69 Å². The molecule has 1 fully saturated rings. The quantitative estimate of drug-likeness (QED) is 0.623. The van der Waals surface area contributed by atoms with E-state index in [1.165, 1.54) is 4.07 Å². The molecule has 0 bridgehead atoms. The van der Waals surface area contributed by atoms with Gasteiger partial charge in [-0.15, -0.1) is 5.10 Å². The van der Waals surface area contributed by atoms with Gasteiger partial charge in [0.1, 0.15) is 0 Å². The van der Waals surface area contributed by atoms with Crippen LogP contribution in [0.2, 0.25) is 5.02 Å². The average Bonchev–Trinajstić information content (AvgIpc) is 3.23. The number of aromatic nitrogens is 2. The molecular weight excluding hydrogens is 454 g/mol. The van der Waals surface area contributed by atoms with E-state index in [1.54, 1.807) is 53.4 Å². The highest BCUT2D eigenvalue weighted by Gasteiger charge is 2.24. The normalized spacial score (nSPS) is 14.4. The van der Waals surface area contributed by atoms with E-state index in [0.29, 0.717) is 48.1 Å². The van der Waals surface area contributed by atoms with Crippen LogP contribution in [0, 0.1) is 0 Å². The second-order valence-corrected chi connectivity index (χ2v) is 8.21. The van der Waals surface area contributed by atoms with Crippen molar-refractivity contribution in [3.8, 4) is 5.69 Å². The predicted molar refractivity (Wildman–Crippen MR) is 118 cm³/mol. The molecule has 1 aromatic heterocycles. The van der Waals surface area contributed by atoms with Gasteiger partial charge in [0.05, 0.1) is 18.9 Å². The molecule has 0 aliphatic carbocycles. The fourth-order valence-electron chi connectivity index (χ4n) is 3.02. The van der Waals surface area contributed by atoms with E-state index in [4.69, 9.17) is 22.1 Å². The molecule has 3 amide bonds. The summed E-state index contributed by atoms with van der Waals surface area (Å²) in [7, 11) is 0. The Hall–Kier alpha value is -3.34. The fraction of sp³-hybridized carbons (Fsp3) is 0.190. The largest absolute Gasteiger partial charge is 0.378 e. The Kier molecular flexibility index (Phi) is 6.45. The van der Waals surface area contributed by atoms with Gasteiger partial charge >= 0.3 is 0 Å². The lowest BCUT2D eigenvalue weighted by Gasteiger charge is -2.25. The summed E-state index contributed by atoms with van der Waals surface area (Å²) < 4.78 is 6.97. The Morgan fingerprint density at radius 1 is 1.00 bits per heavy atom. The molecule has 9 nitrogen and oxygen atoms in total. The topological polar surface area (TPSA) is 120 Å². The van der Waals surface area contributed by atoms with Crippen molar-refractivity contribution in [1.29, 1.82) is 0 Å². The highest BCUT2D eigenvalue weighted by atomic mass is 35.5. The first-order valence-electron chi connectivity index (χ1n) is 9.65. The predicted octanol–water partition coefficient (Wildman–Crippen LogP) is 1.90. The SMILES string of the molecule is NC(=O)c1ccc(-n2nc(C(=O)N3CCOCC3)c(=NC(=O)c3ccc(Cl)cc3)s2)cc1. The van der Waals surface area contributed by atoms with Crippen LogP contribution in [0.15, 0.2) is 53.5 Å². The van der Waals surface area contributed by atoms with Gasteiger partial charge < -0.3 is 15.4 Å². The van der Waals surface area contributed by atoms with E-state index < -0.39 is 11.8 Å². The number of primary amides is 1. The maximum Gasteiger partial charge on any atom is 0.278 e. The third kappa shape index (κ3) is 4.77. The smallest absolute Gasteiger partial charge is 0.278 e. The molecule has 1 aliphatic rings. The van der Waals surface area contributed by atoms with Crippen molar-refractivity contribution in [2.24, 2.45) is 10.7 Å². The number of amides is 3. The van der Waals surface area contributed by atoms with Gasteiger partial charge in [0, 0.05) is 29.2 Å². The molecule has 11 heteroatoms. The number of nitrogens with zero attached hydrogens (tertiary/aromatic N) is 4. The number of benzene rings is 2. The highest BCUT2D eigenvalue weighted by molar-refractivity contribution is 7.04. The molecule has 0 unspecified atom stereocenters. The summed E-state index contributed by atoms with van der Waals surface area (Å²) in [5, 5.41) is 4.91. The molecule has 32 heavy (non-hydrogen) atoms. The maximum absolute atomic E-state index is 13.1. The molecule has 0 spiro atoms. The molecule has 0 atom stereocenters. The number of rotatable bonds is 4. The van der Waals surface area contributed by atoms with E-state index in [1.807, 2.05) is 0 Å². The number of hydrogen-bond donors (Lipinski definition) is 1. The van der Waals surface area contributed by atoms with Gasteiger partial charge in [0.15, 0.2) is 10.4 Å². The number of hydrogen-bond acceptors (Lipinski definition) is 6. The van der Waals surface area contributed by atoms with Crippen LogP contribution < -0.4 is 10.4 Å². The van der Waals surface area contributed by atoms with E-state index in [0.717, 1.165) is 11.5 Å². The molecule has 2 heterocycles. The first kappa shape index (κ1) is 21.9. The molecule has 3 aromatic rings. The Morgan fingerprint density at radius 3 is 2.25 bits per heavy atom. The van der Waals surface area contributed by atoms with Crippen LogP contribution in [-0.2, 0) is 4.74 Å². The van der Waals surface area contributed by atoms with E-state index in [9.17, 15) is 14.4 Å². The van der Waals surface area contributed by atoms with Crippen molar-refractivity contribution in [2.75, 3.05) is 26.3 Å². The highest BCUT2D eigenvalue weighted by Crippen LogP contribution is 2.14. The van der Waals surface area contributed by atoms with Crippen molar-refractivity contribution >= 4 is 40.9 Å². The van der Waals surface area contributed by atoms with Gasteiger partial charge in [-0.25, -0.2) is 0 Å². The number of carbonyl (C=O) groups excluding carboxylic acids is 3. The second kappa shape index (κ2) is 9.43. The summed E-state index contributed by atoms with van der Waals surface area (Å²) in [6.07, 6.45) is 0. The Bertz CT molecular complexity index is 1230. The molecule has 4 rings (SSSR count). The summed E-state index contributed by atoms with van der Waals surface area (Å²) in [4.78, 5) is 42.9. The molecular formula is C21H18ClN5O4S. The van der Waals surface area contributed by atoms with Crippen LogP contribution in [0.3, 0.4) is 0 Å².